The number of carbonyl (C=O) groups is 1. The minimum atomic E-state index is -3.41. The Morgan fingerprint density at radius 3 is 2.33 bits per heavy atom. The van der Waals surface area contributed by atoms with E-state index in [9.17, 15) is 13.2 Å². The summed E-state index contributed by atoms with van der Waals surface area (Å²) in [6.45, 7) is 0. The summed E-state index contributed by atoms with van der Waals surface area (Å²) >= 11 is 0. The number of carbonyl (C=O) groups excluding carboxylic acids is 1. The largest absolute Gasteiger partial charge is 0.320 e. The molecule has 0 saturated heterocycles. The molecule has 126 valence electrons. The van der Waals surface area contributed by atoms with Gasteiger partial charge in [-0.2, -0.15) is 0 Å². The molecule has 0 fully saturated rings. The molecular formula is C18H20N2O3S. The maximum atomic E-state index is 12.5. The number of hydrogen-bond donors (Lipinski definition) is 2. The lowest BCUT2D eigenvalue weighted by Crippen LogP contribution is -2.16. The molecule has 6 heteroatoms. The van der Waals surface area contributed by atoms with E-state index in [-0.39, 0.29) is 5.91 Å². The number of anilines is 2. The summed E-state index contributed by atoms with van der Waals surface area (Å²) in [7, 11) is -3.41. The van der Waals surface area contributed by atoms with Gasteiger partial charge in [-0.05, 0) is 61.1 Å². The zero-order valence-corrected chi connectivity index (χ0v) is 14.3. The Balaban J connectivity index is 1.83. The predicted octanol–water partition coefficient (Wildman–Crippen LogP) is 3.19. The van der Waals surface area contributed by atoms with Gasteiger partial charge in [0.15, 0.2) is 0 Å². The van der Waals surface area contributed by atoms with Crippen molar-refractivity contribution in [2.24, 2.45) is 0 Å². The molecule has 0 radical (unpaired) electrons. The number of fused-ring (bicyclic) bond motifs is 1. The number of amides is 1. The lowest BCUT2D eigenvalue weighted by Gasteiger charge is -2.17. The molecule has 1 amide bonds. The van der Waals surface area contributed by atoms with E-state index in [1.807, 2.05) is 18.2 Å². The van der Waals surface area contributed by atoms with Crippen LogP contribution in [0.1, 0.15) is 34.3 Å². The van der Waals surface area contributed by atoms with Crippen LogP contribution in [0.4, 0.5) is 11.4 Å². The SMILES string of the molecule is CS(=O)(=O)Nc1ccccc1NC(=O)c1ccc2c(c1)CCCC2. The first kappa shape index (κ1) is 16.5. The summed E-state index contributed by atoms with van der Waals surface area (Å²) in [6, 6.07) is 12.5. The van der Waals surface area contributed by atoms with Crippen LogP contribution in [0.15, 0.2) is 42.5 Å². The Labute approximate surface area is 142 Å². The quantitative estimate of drug-likeness (QED) is 0.894. The smallest absolute Gasteiger partial charge is 0.255 e. The number of para-hydroxylation sites is 2. The molecule has 0 bridgehead atoms. The van der Waals surface area contributed by atoms with Crippen LogP contribution in [-0.2, 0) is 22.9 Å². The van der Waals surface area contributed by atoms with Crippen LogP contribution in [0, 0.1) is 0 Å². The predicted molar refractivity (Wildman–Crippen MR) is 95.9 cm³/mol. The molecule has 0 spiro atoms. The molecule has 3 rings (SSSR count). The second-order valence-corrected chi connectivity index (χ2v) is 7.81. The summed E-state index contributed by atoms with van der Waals surface area (Å²) in [5, 5.41) is 2.79. The number of benzene rings is 2. The molecule has 0 atom stereocenters. The van der Waals surface area contributed by atoms with E-state index in [1.54, 1.807) is 24.3 Å². The first-order valence-corrected chi connectivity index (χ1v) is 9.81. The lowest BCUT2D eigenvalue weighted by molar-refractivity contribution is 0.102. The average molecular weight is 344 g/mol. The third-order valence-electron chi connectivity index (χ3n) is 4.08. The molecule has 0 saturated carbocycles. The van der Waals surface area contributed by atoms with E-state index in [2.05, 4.69) is 10.0 Å². The molecule has 5 nitrogen and oxygen atoms in total. The lowest BCUT2D eigenvalue weighted by atomic mass is 9.90. The van der Waals surface area contributed by atoms with Gasteiger partial charge >= 0.3 is 0 Å². The van der Waals surface area contributed by atoms with Crippen molar-refractivity contribution in [2.75, 3.05) is 16.3 Å². The number of nitrogens with one attached hydrogen (secondary N) is 2. The summed E-state index contributed by atoms with van der Waals surface area (Å²) < 4.78 is 25.3. The summed E-state index contributed by atoms with van der Waals surface area (Å²) in [4.78, 5) is 12.5. The van der Waals surface area contributed by atoms with Crippen LogP contribution < -0.4 is 10.0 Å². The topological polar surface area (TPSA) is 75.3 Å². The summed E-state index contributed by atoms with van der Waals surface area (Å²) in [6.07, 6.45) is 5.50. The van der Waals surface area contributed by atoms with Gasteiger partial charge in [0, 0.05) is 5.56 Å². The molecule has 1 aliphatic rings. The van der Waals surface area contributed by atoms with Crippen molar-refractivity contribution in [1.82, 2.24) is 0 Å². The molecule has 2 aromatic rings. The highest BCUT2D eigenvalue weighted by atomic mass is 32.2. The maximum absolute atomic E-state index is 12.5. The fourth-order valence-corrected chi connectivity index (χ4v) is 3.53. The molecule has 0 unspecified atom stereocenters. The standard InChI is InChI=1S/C18H20N2O3S/c1-24(22,23)20-17-9-5-4-8-16(17)19-18(21)15-11-10-13-6-2-3-7-14(13)12-15/h4-5,8-12,20H,2-3,6-7H2,1H3,(H,19,21). The van der Waals surface area contributed by atoms with Crippen molar-refractivity contribution in [2.45, 2.75) is 25.7 Å². The van der Waals surface area contributed by atoms with Crippen LogP contribution in [0.2, 0.25) is 0 Å². The van der Waals surface area contributed by atoms with Crippen LogP contribution in [0.25, 0.3) is 0 Å². The van der Waals surface area contributed by atoms with Gasteiger partial charge in [0.2, 0.25) is 10.0 Å². The highest BCUT2D eigenvalue weighted by Crippen LogP contribution is 2.25. The second-order valence-electron chi connectivity index (χ2n) is 6.06. The number of hydrogen-bond acceptors (Lipinski definition) is 3. The van der Waals surface area contributed by atoms with Gasteiger partial charge < -0.3 is 5.32 Å². The van der Waals surface area contributed by atoms with Gasteiger partial charge in [0.25, 0.3) is 5.91 Å². The Morgan fingerprint density at radius 2 is 1.62 bits per heavy atom. The molecule has 24 heavy (non-hydrogen) atoms. The van der Waals surface area contributed by atoms with Crippen LogP contribution >= 0.6 is 0 Å². The highest BCUT2D eigenvalue weighted by molar-refractivity contribution is 7.92. The zero-order valence-electron chi connectivity index (χ0n) is 13.5. The average Bonchev–Trinajstić information content (AvgIpc) is 2.55. The minimum absolute atomic E-state index is 0.244. The van der Waals surface area contributed by atoms with E-state index in [1.165, 1.54) is 17.5 Å². The second kappa shape index (κ2) is 6.65. The van der Waals surface area contributed by atoms with E-state index in [0.29, 0.717) is 16.9 Å². The van der Waals surface area contributed by atoms with Crippen molar-refractivity contribution in [3.63, 3.8) is 0 Å². The Bertz CT molecular complexity index is 876. The molecule has 0 aliphatic heterocycles. The molecule has 2 N–H and O–H groups in total. The van der Waals surface area contributed by atoms with E-state index < -0.39 is 10.0 Å². The van der Waals surface area contributed by atoms with Crippen LogP contribution in [0.3, 0.4) is 0 Å². The maximum Gasteiger partial charge on any atom is 0.255 e. The van der Waals surface area contributed by atoms with Gasteiger partial charge in [0.05, 0.1) is 17.6 Å². The first-order valence-electron chi connectivity index (χ1n) is 7.92. The fraction of sp³-hybridized carbons (Fsp3) is 0.278. The van der Waals surface area contributed by atoms with E-state index in [0.717, 1.165) is 25.5 Å². The van der Waals surface area contributed by atoms with E-state index in [4.69, 9.17) is 0 Å². The van der Waals surface area contributed by atoms with Crippen molar-refractivity contribution in [3.05, 3.63) is 59.2 Å². The van der Waals surface area contributed by atoms with Crippen LogP contribution in [-0.4, -0.2) is 20.6 Å². The third-order valence-corrected chi connectivity index (χ3v) is 4.67. The summed E-state index contributed by atoms with van der Waals surface area (Å²) in [5.74, 6) is -0.244. The van der Waals surface area contributed by atoms with Gasteiger partial charge in [-0.15, -0.1) is 0 Å². The van der Waals surface area contributed by atoms with Gasteiger partial charge in [0.1, 0.15) is 0 Å². The Hall–Kier alpha value is -2.34. The van der Waals surface area contributed by atoms with Crippen molar-refractivity contribution >= 4 is 27.3 Å². The van der Waals surface area contributed by atoms with Crippen molar-refractivity contribution in [1.29, 1.82) is 0 Å². The van der Waals surface area contributed by atoms with Crippen molar-refractivity contribution < 1.29 is 13.2 Å². The van der Waals surface area contributed by atoms with Crippen molar-refractivity contribution in [3.8, 4) is 0 Å². The molecular weight excluding hydrogens is 324 g/mol. The first-order chi connectivity index (χ1) is 11.4. The molecule has 2 aromatic carbocycles. The van der Waals surface area contributed by atoms with Crippen LogP contribution in [0.5, 0.6) is 0 Å². The number of sulfonamides is 1. The fourth-order valence-electron chi connectivity index (χ4n) is 2.95. The Morgan fingerprint density at radius 1 is 0.958 bits per heavy atom. The normalized spacial score (nSPS) is 13.9. The zero-order chi connectivity index (χ0) is 17.2. The highest BCUT2D eigenvalue weighted by Gasteiger charge is 2.14. The molecule has 0 aromatic heterocycles. The molecule has 0 heterocycles. The van der Waals surface area contributed by atoms with Gasteiger partial charge in [-0.3, -0.25) is 9.52 Å². The van der Waals surface area contributed by atoms with Gasteiger partial charge in [-0.25, -0.2) is 8.42 Å². The number of aryl methyl sites for hydroxylation is 2. The summed E-state index contributed by atoms with van der Waals surface area (Å²) in [5.41, 5.74) is 3.93. The molecule has 1 aliphatic carbocycles. The minimum Gasteiger partial charge on any atom is -0.320 e. The van der Waals surface area contributed by atoms with Gasteiger partial charge in [-0.1, -0.05) is 18.2 Å². The Kier molecular flexibility index (Phi) is 4.57. The number of rotatable bonds is 4. The monoisotopic (exact) mass is 344 g/mol. The van der Waals surface area contributed by atoms with E-state index >= 15 is 0 Å². The third kappa shape index (κ3) is 3.94.